The molecule has 1 N–H and O–H groups in total. The number of rotatable bonds is 4. The van der Waals surface area contributed by atoms with E-state index >= 15 is 0 Å². The third kappa shape index (κ3) is 3.63. The number of aliphatic hydroxyl groups excluding tert-OH is 1. The molecule has 0 saturated carbocycles. The van der Waals surface area contributed by atoms with Crippen LogP contribution in [0.25, 0.3) is 0 Å². The van der Waals surface area contributed by atoms with Gasteiger partial charge in [0, 0.05) is 26.8 Å². The van der Waals surface area contributed by atoms with Gasteiger partial charge in [0.2, 0.25) is 0 Å². The number of ether oxygens (including phenoxy) is 1. The molecule has 0 radical (unpaired) electrons. The Labute approximate surface area is 80.7 Å². The SMILES string of the molecule is COC1CCCN(CC(C)CO)C1. The first-order valence-electron chi connectivity index (χ1n) is 5.12. The second-order valence-corrected chi connectivity index (χ2v) is 4.05. The maximum atomic E-state index is 8.93. The smallest absolute Gasteiger partial charge is 0.0698 e. The predicted molar refractivity (Wildman–Crippen MR) is 52.7 cm³/mol. The van der Waals surface area contributed by atoms with Gasteiger partial charge in [-0.3, -0.25) is 0 Å². The zero-order valence-electron chi connectivity index (χ0n) is 8.70. The molecule has 3 heteroatoms. The van der Waals surface area contributed by atoms with Crippen molar-refractivity contribution >= 4 is 0 Å². The molecule has 0 aromatic heterocycles. The molecule has 1 heterocycles. The first-order chi connectivity index (χ1) is 6.26. The number of likely N-dealkylation sites (tertiary alicyclic amines) is 1. The molecule has 0 spiro atoms. The zero-order chi connectivity index (χ0) is 9.68. The van der Waals surface area contributed by atoms with E-state index in [-0.39, 0.29) is 6.61 Å². The van der Waals surface area contributed by atoms with Crippen LogP contribution in [0.1, 0.15) is 19.8 Å². The lowest BCUT2D eigenvalue weighted by Gasteiger charge is -2.33. The summed E-state index contributed by atoms with van der Waals surface area (Å²) in [7, 11) is 1.78. The fourth-order valence-corrected chi connectivity index (χ4v) is 1.87. The highest BCUT2D eigenvalue weighted by Gasteiger charge is 2.20. The van der Waals surface area contributed by atoms with Gasteiger partial charge < -0.3 is 14.7 Å². The van der Waals surface area contributed by atoms with Crippen molar-refractivity contribution in [2.24, 2.45) is 5.92 Å². The van der Waals surface area contributed by atoms with Gasteiger partial charge in [-0.15, -0.1) is 0 Å². The van der Waals surface area contributed by atoms with Crippen LogP contribution in [-0.2, 0) is 4.74 Å². The molecule has 1 aliphatic rings. The lowest BCUT2D eigenvalue weighted by molar-refractivity contribution is 0.0233. The number of hydrogen-bond donors (Lipinski definition) is 1. The molecule has 0 aliphatic carbocycles. The van der Waals surface area contributed by atoms with E-state index in [9.17, 15) is 0 Å². The normalized spacial score (nSPS) is 27.5. The quantitative estimate of drug-likeness (QED) is 0.704. The minimum absolute atomic E-state index is 0.286. The summed E-state index contributed by atoms with van der Waals surface area (Å²) in [6, 6.07) is 0. The van der Waals surface area contributed by atoms with Crippen molar-refractivity contribution in [2.75, 3.05) is 33.4 Å². The van der Waals surface area contributed by atoms with Gasteiger partial charge in [-0.1, -0.05) is 6.92 Å². The topological polar surface area (TPSA) is 32.7 Å². The molecular formula is C10H21NO2. The Hall–Kier alpha value is -0.120. The van der Waals surface area contributed by atoms with Crippen LogP contribution < -0.4 is 0 Å². The molecule has 1 saturated heterocycles. The van der Waals surface area contributed by atoms with Crippen LogP contribution in [0.4, 0.5) is 0 Å². The monoisotopic (exact) mass is 187 g/mol. The van der Waals surface area contributed by atoms with E-state index in [0.29, 0.717) is 12.0 Å². The van der Waals surface area contributed by atoms with Crippen molar-refractivity contribution < 1.29 is 9.84 Å². The molecule has 2 unspecified atom stereocenters. The fourth-order valence-electron chi connectivity index (χ4n) is 1.87. The average molecular weight is 187 g/mol. The van der Waals surface area contributed by atoms with Gasteiger partial charge >= 0.3 is 0 Å². The third-order valence-electron chi connectivity index (χ3n) is 2.68. The van der Waals surface area contributed by atoms with Crippen LogP contribution in [0.2, 0.25) is 0 Å². The van der Waals surface area contributed by atoms with Gasteiger partial charge in [0.15, 0.2) is 0 Å². The van der Waals surface area contributed by atoms with E-state index in [1.807, 2.05) is 0 Å². The second-order valence-electron chi connectivity index (χ2n) is 4.05. The Bertz CT molecular complexity index is 139. The molecule has 2 atom stereocenters. The molecule has 0 amide bonds. The summed E-state index contributed by atoms with van der Waals surface area (Å²) in [6.07, 6.45) is 2.80. The van der Waals surface area contributed by atoms with Gasteiger partial charge in [0.05, 0.1) is 6.10 Å². The van der Waals surface area contributed by atoms with Crippen molar-refractivity contribution in [3.8, 4) is 0 Å². The summed E-state index contributed by atoms with van der Waals surface area (Å²) in [4.78, 5) is 2.39. The number of aliphatic hydroxyl groups is 1. The minimum atomic E-state index is 0.286. The highest BCUT2D eigenvalue weighted by molar-refractivity contribution is 4.74. The number of hydrogen-bond acceptors (Lipinski definition) is 3. The van der Waals surface area contributed by atoms with Crippen molar-refractivity contribution in [2.45, 2.75) is 25.9 Å². The predicted octanol–water partition coefficient (Wildman–Crippen LogP) is 0.726. The molecule has 0 bridgehead atoms. The summed E-state index contributed by atoms with van der Waals surface area (Å²) in [5, 5.41) is 8.93. The molecule has 1 aliphatic heterocycles. The molecule has 0 aromatic rings. The zero-order valence-corrected chi connectivity index (χ0v) is 8.70. The molecule has 78 valence electrons. The van der Waals surface area contributed by atoms with Crippen molar-refractivity contribution in [3.05, 3.63) is 0 Å². The molecule has 0 aromatic carbocycles. The molecular weight excluding hydrogens is 166 g/mol. The van der Waals surface area contributed by atoms with E-state index < -0.39 is 0 Å². The Morgan fingerprint density at radius 3 is 3.00 bits per heavy atom. The van der Waals surface area contributed by atoms with E-state index in [2.05, 4.69) is 11.8 Å². The maximum absolute atomic E-state index is 8.93. The summed E-state index contributed by atoms with van der Waals surface area (Å²) in [5.41, 5.74) is 0. The lowest BCUT2D eigenvalue weighted by Crippen LogP contribution is -2.41. The van der Waals surface area contributed by atoms with Crippen LogP contribution in [-0.4, -0.2) is 49.5 Å². The second kappa shape index (κ2) is 5.58. The summed E-state index contributed by atoms with van der Waals surface area (Å²) in [5.74, 6) is 0.385. The lowest BCUT2D eigenvalue weighted by atomic mass is 10.1. The minimum Gasteiger partial charge on any atom is -0.396 e. The van der Waals surface area contributed by atoms with Crippen molar-refractivity contribution in [1.29, 1.82) is 0 Å². The van der Waals surface area contributed by atoms with Crippen molar-refractivity contribution in [3.63, 3.8) is 0 Å². The molecule has 1 fully saturated rings. The summed E-state index contributed by atoms with van der Waals surface area (Å²) >= 11 is 0. The van der Waals surface area contributed by atoms with E-state index in [0.717, 1.165) is 19.6 Å². The first-order valence-corrected chi connectivity index (χ1v) is 5.12. The van der Waals surface area contributed by atoms with Gasteiger partial charge in [-0.25, -0.2) is 0 Å². The van der Waals surface area contributed by atoms with Crippen LogP contribution in [0.5, 0.6) is 0 Å². The number of methoxy groups -OCH3 is 1. The molecule has 13 heavy (non-hydrogen) atoms. The molecule has 1 rings (SSSR count). The van der Waals surface area contributed by atoms with Crippen LogP contribution in [0.15, 0.2) is 0 Å². The highest BCUT2D eigenvalue weighted by atomic mass is 16.5. The Morgan fingerprint density at radius 1 is 1.62 bits per heavy atom. The van der Waals surface area contributed by atoms with Gasteiger partial charge in [-0.05, 0) is 25.3 Å². The van der Waals surface area contributed by atoms with Crippen LogP contribution in [0, 0.1) is 5.92 Å². The van der Waals surface area contributed by atoms with E-state index in [4.69, 9.17) is 9.84 Å². The van der Waals surface area contributed by atoms with Crippen LogP contribution >= 0.6 is 0 Å². The van der Waals surface area contributed by atoms with Gasteiger partial charge in [0.1, 0.15) is 0 Å². The summed E-state index contributed by atoms with van der Waals surface area (Å²) in [6.45, 7) is 5.55. The Balaban J connectivity index is 2.25. The average Bonchev–Trinajstić information content (AvgIpc) is 2.18. The number of nitrogens with zero attached hydrogens (tertiary/aromatic N) is 1. The Kier molecular flexibility index (Phi) is 4.70. The summed E-state index contributed by atoms with van der Waals surface area (Å²) < 4.78 is 5.33. The van der Waals surface area contributed by atoms with E-state index in [1.54, 1.807) is 7.11 Å². The van der Waals surface area contributed by atoms with Crippen molar-refractivity contribution in [1.82, 2.24) is 4.90 Å². The largest absolute Gasteiger partial charge is 0.396 e. The van der Waals surface area contributed by atoms with Gasteiger partial charge in [-0.2, -0.15) is 0 Å². The maximum Gasteiger partial charge on any atom is 0.0698 e. The molecule has 3 nitrogen and oxygen atoms in total. The fraction of sp³-hybridized carbons (Fsp3) is 1.00. The van der Waals surface area contributed by atoms with Crippen LogP contribution in [0.3, 0.4) is 0 Å². The highest BCUT2D eigenvalue weighted by Crippen LogP contribution is 2.13. The Morgan fingerprint density at radius 2 is 2.38 bits per heavy atom. The first kappa shape index (κ1) is 11.0. The third-order valence-corrected chi connectivity index (χ3v) is 2.68. The van der Waals surface area contributed by atoms with E-state index in [1.165, 1.54) is 12.8 Å². The standard InChI is InChI=1S/C10H21NO2/c1-9(8-12)6-11-5-3-4-10(7-11)13-2/h9-10,12H,3-8H2,1-2H3. The van der Waals surface area contributed by atoms with Gasteiger partial charge in [0.25, 0.3) is 0 Å². The number of piperidine rings is 1.